The van der Waals surface area contributed by atoms with E-state index in [1.54, 1.807) is 0 Å². The molecule has 0 bridgehead atoms. The molecule has 5 nitrogen and oxygen atoms in total. The lowest BCUT2D eigenvalue weighted by Crippen LogP contribution is -2.34. The molecule has 0 saturated heterocycles. The van der Waals surface area contributed by atoms with Gasteiger partial charge in [0.25, 0.3) is 0 Å². The SMILES string of the molecule is CCCCOC1CN=NN1CCOCC. The molecule has 5 heteroatoms. The molecule has 0 aromatic rings. The maximum atomic E-state index is 5.67. The molecule has 1 heterocycles. The average Bonchev–Trinajstić information content (AvgIpc) is 2.67. The molecule has 15 heavy (non-hydrogen) atoms. The van der Waals surface area contributed by atoms with Crippen LogP contribution in [-0.4, -0.2) is 44.1 Å². The van der Waals surface area contributed by atoms with Gasteiger partial charge in [0.2, 0.25) is 0 Å². The van der Waals surface area contributed by atoms with E-state index in [9.17, 15) is 0 Å². The van der Waals surface area contributed by atoms with Gasteiger partial charge >= 0.3 is 0 Å². The van der Waals surface area contributed by atoms with Gasteiger partial charge in [-0.15, -0.1) is 0 Å². The standard InChI is InChI=1S/C10H21N3O2/c1-3-5-7-15-10-9-11-12-13(10)6-8-14-4-2/h10H,3-9H2,1-2H3. The van der Waals surface area contributed by atoms with Crippen LogP contribution in [0.4, 0.5) is 0 Å². The van der Waals surface area contributed by atoms with Crippen molar-refractivity contribution in [3.05, 3.63) is 0 Å². The average molecular weight is 215 g/mol. The summed E-state index contributed by atoms with van der Waals surface area (Å²) < 4.78 is 10.9. The Kier molecular flexibility index (Phi) is 6.27. The summed E-state index contributed by atoms with van der Waals surface area (Å²) in [6, 6.07) is 0. The van der Waals surface area contributed by atoms with E-state index in [1.165, 1.54) is 0 Å². The van der Waals surface area contributed by atoms with Crippen molar-refractivity contribution in [2.24, 2.45) is 10.3 Å². The van der Waals surface area contributed by atoms with Crippen molar-refractivity contribution < 1.29 is 9.47 Å². The molecule has 0 saturated carbocycles. The van der Waals surface area contributed by atoms with Gasteiger partial charge in [-0.3, -0.25) is 0 Å². The second-order valence-corrected chi connectivity index (χ2v) is 3.45. The Balaban J connectivity index is 2.14. The maximum absolute atomic E-state index is 5.67. The van der Waals surface area contributed by atoms with Gasteiger partial charge in [-0.05, 0) is 13.3 Å². The molecule has 88 valence electrons. The highest BCUT2D eigenvalue weighted by Crippen LogP contribution is 2.11. The van der Waals surface area contributed by atoms with Crippen LogP contribution in [0.15, 0.2) is 10.3 Å². The van der Waals surface area contributed by atoms with E-state index >= 15 is 0 Å². The molecule has 1 atom stereocenters. The summed E-state index contributed by atoms with van der Waals surface area (Å²) in [5.74, 6) is 0. The molecule has 0 radical (unpaired) electrons. The third-order valence-corrected chi connectivity index (χ3v) is 2.23. The molecule has 0 fully saturated rings. The third-order valence-electron chi connectivity index (χ3n) is 2.23. The van der Waals surface area contributed by atoms with E-state index in [0.29, 0.717) is 13.2 Å². The fraction of sp³-hybridized carbons (Fsp3) is 1.00. The Morgan fingerprint density at radius 3 is 2.93 bits per heavy atom. The molecule has 0 aliphatic carbocycles. The Morgan fingerprint density at radius 1 is 1.33 bits per heavy atom. The van der Waals surface area contributed by atoms with Crippen LogP contribution in [0.25, 0.3) is 0 Å². The number of hydrogen-bond acceptors (Lipinski definition) is 5. The van der Waals surface area contributed by atoms with Crippen molar-refractivity contribution in [1.29, 1.82) is 0 Å². The molecule has 0 spiro atoms. The topological polar surface area (TPSA) is 46.4 Å². The summed E-state index contributed by atoms with van der Waals surface area (Å²) in [6.45, 7) is 7.76. The van der Waals surface area contributed by atoms with Gasteiger partial charge in [-0.2, -0.15) is 5.11 Å². The Labute approximate surface area is 91.4 Å². The summed E-state index contributed by atoms with van der Waals surface area (Å²) >= 11 is 0. The first-order chi connectivity index (χ1) is 7.38. The Hall–Kier alpha value is -0.680. The molecule has 0 aromatic heterocycles. The van der Waals surface area contributed by atoms with Crippen LogP contribution in [0.2, 0.25) is 0 Å². The first-order valence-electron chi connectivity index (χ1n) is 5.71. The van der Waals surface area contributed by atoms with E-state index in [0.717, 1.165) is 32.6 Å². The van der Waals surface area contributed by atoms with Crippen LogP contribution >= 0.6 is 0 Å². The lowest BCUT2D eigenvalue weighted by molar-refractivity contribution is -0.0470. The highest BCUT2D eigenvalue weighted by atomic mass is 16.5. The minimum atomic E-state index is 0.0250. The maximum Gasteiger partial charge on any atom is 0.168 e. The van der Waals surface area contributed by atoms with Crippen molar-refractivity contribution >= 4 is 0 Å². The van der Waals surface area contributed by atoms with Gasteiger partial charge in [-0.1, -0.05) is 18.6 Å². The van der Waals surface area contributed by atoms with Crippen molar-refractivity contribution in [3.63, 3.8) is 0 Å². The second kappa shape index (κ2) is 7.59. The predicted octanol–water partition coefficient (Wildman–Crippen LogP) is 1.85. The summed E-state index contributed by atoms with van der Waals surface area (Å²) in [5, 5.41) is 9.86. The molecular formula is C10H21N3O2. The summed E-state index contributed by atoms with van der Waals surface area (Å²) in [6.07, 6.45) is 2.27. The van der Waals surface area contributed by atoms with Gasteiger partial charge in [0.1, 0.15) is 6.54 Å². The summed E-state index contributed by atoms with van der Waals surface area (Å²) in [4.78, 5) is 0. The van der Waals surface area contributed by atoms with E-state index in [4.69, 9.17) is 9.47 Å². The Bertz CT molecular complexity index is 188. The first-order valence-corrected chi connectivity index (χ1v) is 5.71. The molecular weight excluding hydrogens is 194 g/mol. The van der Waals surface area contributed by atoms with Crippen LogP contribution in [-0.2, 0) is 9.47 Å². The molecule has 0 amide bonds. The summed E-state index contributed by atoms with van der Waals surface area (Å²) in [7, 11) is 0. The zero-order valence-corrected chi connectivity index (χ0v) is 9.69. The zero-order chi connectivity index (χ0) is 10.9. The van der Waals surface area contributed by atoms with Crippen LogP contribution < -0.4 is 0 Å². The lowest BCUT2D eigenvalue weighted by Gasteiger charge is -2.21. The largest absolute Gasteiger partial charge is 0.380 e. The Morgan fingerprint density at radius 2 is 2.20 bits per heavy atom. The highest BCUT2D eigenvalue weighted by Gasteiger charge is 2.21. The van der Waals surface area contributed by atoms with Crippen molar-refractivity contribution in [3.8, 4) is 0 Å². The zero-order valence-electron chi connectivity index (χ0n) is 9.69. The van der Waals surface area contributed by atoms with Crippen LogP contribution in [0.3, 0.4) is 0 Å². The normalized spacial score (nSPS) is 20.1. The number of ether oxygens (including phenoxy) is 2. The van der Waals surface area contributed by atoms with E-state index in [1.807, 2.05) is 11.9 Å². The monoisotopic (exact) mass is 215 g/mol. The first kappa shape index (κ1) is 12.4. The van der Waals surface area contributed by atoms with E-state index in [-0.39, 0.29) is 6.23 Å². The van der Waals surface area contributed by atoms with Gasteiger partial charge < -0.3 is 9.47 Å². The number of nitrogens with zero attached hydrogens (tertiary/aromatic N) is 3. The van der Waals surface area contributed by atoms with Gasteiger partial charge in [0, 0.05) is 13.2 Å². The fourth-order valence-electron chi connectivity index (χ4n) is 1.33. The van der Waals surface area contributed by atoms with Crippen LogP contribution in [0, 0.1) is 0 Å². The molecule has 1 unspecified atom stereocenters. The van der Waals surface area contributed by atoms with Gasteiger partial charge in [0.05, 0.1) is 13.2 Å². The number of unbranched alkanes of at least 4 members (excludes halogenated alkanes) is 1. The van der Waals surface area contributed by atoms with E-state index in [2.05, 4.69) is 17.3 Å². The molecule has 1 aliphatic heterocycles. The predicted molar refractivity (Wildman–Crippen MR) is 57.6 cm³/mol. The number of rotatable bonds is 8. The molecule has 1 aliphatic rings. The second-order valence-electron chi connectivity index (χ2n) is 3.45. The summed E-state index contributed by atoms with van der Waals surface area (Å²) in [5.41, 5.74) is 0. The molecule has 1 rings (SSSR count). The van der Waals surface area contributed by atoms with Gasteiger partial charge in [0.15, 0.2) is 6.23 Å². The van der Waals surface area contributed by atoms with Crippen LogP contribution in [0.5, 0.6) is 0 Å². The lowest BCUT2D eigenvalue weighted by atomic mass is 10.4. The van der Waals surface area contributed by atoms with Gasteiger partial charge in [-0.25, -0.2) is 5.01 Å². The van der Waals surface area contributed by atoms with Crippen molar-refractivity contribution in [2.75, 3.05) is 32.9 Å². The minimum Gasteiger partial charge on any atom is -0.380 e. The molecule has 0 N–H and O–H groups in total. The minimum absolute atomic E-state index is 0.0250. The highest BCUT2D eigenvalue weighted by molar-refractivity contribution is 4.65. The van der Waals surface area contributed by atoms with E-state index < -0.39 is 0 Å². The fourth-order valence-corrected chi connectivity index (χ4v) is 1.33. The number of hydrogen-bond donors (Lipinski definition) is 0. The smallest absolute Gasteiger partial charge is 0.168 e. The van der Waals surface area contributed by atoms with Crippen LogP contribution in [0.1, 0.15) is 26.7 Å². The van der Waals surface area contributed by atoms with Crippen molar-refractivity contribution in [1.82, 2.24) is 5.01 Å². The van der Waals surface area contributed by atoms with Crippen molar-refractivity contribution in [2.45, 2.75) is 32.9 Å². The third kappa shape index (κ3) is 4.57. The molecule has 0 aromatic carbocycles. The quantitative estimate of drug-likeness (QED) is 0.580.